The van der Waals surface area contributed by atoms with Crippen LogP contribution in [0.2, 0.25) is 0 Å². The Morgan fingerprint density at radius 1 is 1.41 bits per heavy atom. The Morgan fingerprint density at radius 2 is 2.00 bits per heavy atom. The number of carbonyl (C=O) groups excluding carboxylic acids is 1. The van der Waals surface area contributed by atoms with Crippen molar-refractivity contribution < 1.29 is 47.9 Å². The number of anilines is 1. The van der Waals surface area contributed by atoms with E-state index in [2.05, 4.69) is 0 Å². The molecule has 86 valence electrons. The third kappa shape index (κ3) is 3.77. The molecule has 0 spiro atoms. The van der Waals surface area contributed by atoms with Gasteiger partial charge < -0.3 is 9.90 Å². The monoisotopic (exact) mass is 266 g/mol. The molecule has 7 nitrogen and oxygen atoms in total. The SMILES string of the molecule is CN(c1cccc(C(=O)[O-])c1)S(=O)(=O)N=O.[Na+]. The normalized spacial score (nSPS) is 10.2. The van der Waals surface area contributed by atoms with Gasteiger partial charge in [0.1, 0.15) is 0 Å². The maximum absolute atomic E-state index is 11.1. The van der Waals surface area contributed by atoms with Crippen molar-refractivity contribution in [2.75, 3.05) is 11.4 Å². The fourth-order valence-corrected chi connectivity index (χ4v) is 1.49. The Bertz CT molecular complexity index is 530. The van der Waals surface area contributed by atoms with Crippen LogP contribution in [-0.2, 0) is 10.2 Å². The number of carboxylic acid groups (broad SMARTS) is 1. The van der Waals surface area contributed by atoms with Crippen molar-refractivity contribution in [3.63, 3.8) is 0 Å². The Morgan fingerprint density at radius 3 is 2.47 bits per heavy atom. The van der Waals surface area contributed by atoms with Gasteiger partial charge in [0.15, 0.2) is 0 Å². The summed E-state index contributed by atoms with van der Waals surface area (Å²) < 4.78 is 24.7. The first-order chi connectivity index (χ1) is 7.38. The zero-order valence-corrected chi connectivity index (χ0v) is 12.0. The van der Waals surface area contributed by atoms with E-state index >= 15 is 0 Å². The molecule has 17 heavy (non-hydrogen) atoms. The third-order valence-corrected chi connectivity index (χ3v) is 2.98. The van der Waals surface area contributed by atoms with E-state index in [9.17, 15) is 23.2 Å². The van der Waals surface area contributed by atoms with Crippen molar-refractivity contribution in [3.05, 3.63) is 34.7 Å². The minimum absolute atomic E-state index is 0. The first kappa shape index (κ1) is 16.0. The summed E-state index contributed by atoms with van der Waals surface area (Å²) in [4.78, 5) is 20.6. The van der Waals surface area contributed by atoms with Gasteiger partial charge in [-0.3, -0.25) is 4.31 Å². The quantitative estimate of drug-likeness (QED) is 0.415. The Labute approximate surface area is 120 Å². The number of carboxylic acids is 1. The minimum Gasteiger partial charge on any atom is -0.545 e. The van der Waals surface area contributed by atoms with Crippen LogP contribution in [0.3, 0.4) is 0 Å². The molecule has 0 fully saturated rings. The van der Waals surface area contributed by atoms with Crippen molar-refractivity contribution in [3.8, 4) is 0 Å². The first-order valence-corrected chi connectivity index (χ1v) is 5.43. The van der Waals surface area contributed by atoms with Gasteiger partial charge >= 0.3 is 39.8 Å². The van der Waals surface area contributed by atoms with Crippen molar-refractivity contribution in [2.45, 2.75) is 0 Å². The molecule has 0 radical (unpaired) electrons. The molecule has 0 bridgehead atoms. The number of nitrogens with zero attached hydrogens (tertiary/aromatic N) is 2. The number of nitroso groups, excluding NO2 is 1. The number of benzene rings is 1. The van der Waals surface area contributed by atoms with Gasteiger partial charge in [-0.1, -0.05) is 12.1 Å². The molecule has 0 heterocycles. The van der Waals surface area contributed by atoms with Crippen molar-refractivity contribution >= 4 is 21.9 Å². The molecule has 0 aliphatic carbocycles. The molecule has 0 unspecified atom stereocenters. The molecule has 1 rings (SSSR count). The summed E-state index contributed by atoms with van der Waals surface area (Å²) >= 11 is 0. The van der Waals surface area contributed by atoms with Crippen LogP contribution in [0.5, 0.6) is 0 Å². The molecule has 0 saturated heterocycles. The van der Waals surface area contributed by atoms with Gasteiger partial charge in [-0.15, -0.1) is 4.91 Å². The topological polar surface area (TPSA) is 107 Å². The summed E-state index contributed by atoms with van der Waals surface area (Å²) in [6.45, 7) is 0. The van der Waals surface area contributed by atoms with Crippen molar-refractivity contribution in [1.82, 2.24) is 0 Å². The van der Waals surface area contributed by atoms with E-state index in [1.807, 2.05) is 4.58 Å². The van der Waals surface area contributed by atoms with Gasteiger partial charge in [-0.2, -0.15) is 8.42 Å². The largest absolute Gasteiger partial charge is 1.00 e. The Hall–Kier alpha value is -0.960. The summed E-state index contributed by atoms with van der Waals surface area (Å²) in [6.07, 6.45) is 0. The van der Waals surface area contributed by atoms with E-state index in [0.717, 1.165) is 13.1 Å². The van der Waals surface area contributed by atoms with E-state index in [1.54, 1.807) is 0 Å². The first-order valence-electron chi connectivity index (χ1n) is 4.03. The number of aromatic carboxylic acids is 1. The average molecular weight is 266 g/mol. The third-order valence-electron chi connectivity index (χ3n) is 1.89. The van der Waals surface area contributed by atoms with E-state index in [1.165, 1.54) is 18.2 Å². The van der Waals surface area contributed by atoms with Crippen LogP contribution < -0.4 is 39.0 Å². The minimum atomic E-state index is -4.30. The van der Waals surface area contributed by atoms with E-state index in [0.29, 0.717) is 4.31 Å². The zero-order valence-electron chi connectivity index (χ0n) is 9.15. The number of hydrogen-bond acceptors (Lipinski definition) is 5. The van der Waals surface area contributed by atoms with Crippen LogP contribution in [-0.4, -0.2) is 21.4 Å². The average Bonchev–Trinajstić information content (AvgIpc) is 2.28. The van der Waals surface area contributed by atoms with Gasteiger partial charge in [0.05, 0.1) is 16.2 Å². The second-order valence-corrected chi connectivity index (χ2v) is 4.45. The number of rotatable bonds is 4. The smallest absolute Gasteiger partial charge is 0.545 e. The molecule has 1 aromatic rings. The summed E-state index contributed by atoms with van der Waals surface area (Å²) in [7, 11) is -3.22. The second kappa shape index (κ2) is 6.10. The summed E-state index contributed by atoms with van der Waals surface area (Å²) in [6, 6.07) is 4.97. The van der Waals surface area contributed by atoms with Gasteiger partial charge in [0.25, 0.3) is 0 Å². The van der Waals surface area contributed by atoms with Gasteiger partial charge in [0.2, 0.25) is 0 Å². The van der Waals surface area contributed by atoms with Crippen LogP contribution in [0.1, 0.15) is 10.4 Å². The predicted octanol–water partition coefficient (Wildman–Crippen LogP) is -3.50. The Kier molecular flexibility index (Phi) is 5.76. The molecular formula is C8H7N2NaO5S. The molecule has 0 atom stereocenters. The maximum atomic E-state index is 11.1. The van der Waals surface area contributed by atoms with Crippen LogP contribution >= 0.6 is 0 Å². The molecule has 1 aromatic carbocycles. The summed E-state index contributed by atoms with van der Waals surface area (Å²) in [5.41, 5.74) is -0.174. The van der Waals surface area contributed by atoms with E-state index in [-0.39, 0.29) is 40.8 Å². The van der Waals surface area contributed by atoms with Gasteiger partial charge in [0, 0.05) is 7.05 Å². The van der Waals surface area contributed by atoms with Gasteiger partial charge in [-0.05, 0) is 17.7 Å². The summed E-state index contributed by atoms with van der Waals surface area (Å²) in [5, 5.41) is 10.5. The standard InChI is InChI=1S/C8H8N2O5S.Na/c1-10(16(14,15)9-13)7-4-2-3-6(5-7)8(11)12;/h2-5H,1H3,(H,11,12);/q;+1/p-1. The zero-order chi connectivity index (χ0) is 12.3. The Balaban J connectivity index is 0.00000256. The fourth-order valence-electron chi connectivity index (χ4n) is 1.01. The van der Waals surface area contributed by atoms with Crippen LogP contribution in [0.25, 0.3) is 0 Å². The van der Waals surface area contributed by atoms with E-state index < -0.39 is 16.2 Å². The summed E-state index contributed by atoms with van der Waals surface area (Å²) in [5.74, 6) is -1.44. The van der Waals surface area contributed by atoms with Gasteiger partial charge in [-0.25, -0.2) is 0 Å². The molecule has 0 aromatic heterocycles. The predicted molar refractivity (Wildman–Crippen MR) is 53.9 cm³/mol. The molecule has 9 heteroatoms. The van der Waals surface area contributed by atoms with E-state index in [4.69, 9.17) is 0 Å². The fraction of sp³-hybridized carbons (Fsp3) is 0.125. The van der Waals surface area contributed by atoms with Crippen LogP contribution in [0, 0.1) is 4.91 Å². The maximum Gasteiger partial charge on any atom is 1.00 e. The molecule has 0 amide bonds. The van der Waals surface area contributed by atoms with Crippen LogP contribution in [0.4, 0.5) is 5.69 Å². The van der Waals surface area contributed by atoms with Crippen molar-refractivity contribution in [1.29, 1.82) is 0 Å². The number of hydrogen-bond donors (Lipinski definition) is 0. The van der Waals surface area contributed by atoms with Crippen LogP contribution in [0.15, 0.2) is 28.8 Å². The van der Waals surface area contributed by atoms with Crippen molar-refractivity contribution in [2.24, 2.45) is 4.58 Å². The molecule has 0 aliphatic rings. The molecule has 0 aliphatic heterocycles. The number of carbonyl (C=O) groups is 1. The molecule has 0 saturated carbocycles. The molecular weight excluding hydrogens is 259 g/mol. The molecule has 0 N–H and O–H groups in total. The second-order valence-electron chi connectivity index (χ2n) is 2.86.